The smallest absolute Gasteiger partial charge is 0.295 e. The predicted molar refractivity (Wildman–Crippen MR) is 62.5 cm³/mol. The van der Waals surface area contributed by atoms with Crippen LogP contribution in [0.4, 0.5) is 0 Å². The number of hydrogen-bond acceptors (Lipinski definition) is 5. The summed E-state index contributed by atoms with van der Waals surface area (Å²) in [5.41, 5.74) is 0. The molecule has 2 rings (SSSR count). The van der Waals surface area contributed by atoms with E-state index in [0.717, 1.165) is 26.2 Å². The van der Waals surface area contributed by atoms with Crippen molar-refractivity contribution in [1.29, 1.82) is 0 Å². The zero-order valence-electron chi connectivity index (χ0n) is 9.69. The molecule has 0 atom stereocenters. The van der Waals surface area contributed by atoms with Gasteiger partial charge in [-0.2, -0.15) is 0 Å². The molecule has 0 unspecified atom stereocenters. The Bertz CT molecular complexity index is 206. The third-order valence-electron chi connectivity index (χ3n) is 3.13. The highest BCUT2D eigenvalue weighted by Gasteiger charge is 2.14. The van der Waals surface area contributed by atoms with Crippen LogP contribution in [0.5, 0.6) is 0 Å². The van der Waals surface area contributed by atoms with Crippen LogP contribution in [0, 0.1) is 0 Å². The second-order valence-electron chi connectivity index (χ2n) is 4.45. The summed E-state index contributed by atoms with van der Waals surface area (Å²) >= 11 is 0. The maximum Gasteiger partial charge on any atom is 0.321 e. The van der Waals surface area contributed by atoms with Gasteiger partial charge >= 0.3 is 8.25 Å². The number of rotatable bonds is 6. The molecule has 0 saturated carbocycles. The molecule has 0 N–H and O–H groups in total. The Morgan fingerprint density at radius 1 is 0.812 bits per heavy atom. The molecule has 2 saturated heterocycles. The van der Waals surface area contributed by atoms with Gasteiger partial charge in [-0.15, -0.1) is 0 Å². The Kier molecular flexibility index (Phi) is 5.26. The highest BCUT2D eigenvalue weighted by molar-refractivity contribution is 7.33. The van der Waals surface area contributed by atoms with Crippen molar-refractivity contribution in [3.63, 3.8) is 0 Å². The molecule has 2 fully saturated rings. The van der Waals surface area contributed by atoms with Gasteiger partial charge in [0.1, 0.15) is 13.5 Å². The summed E-state index contributed by atoms with van der Waals surface area (Å²) in [5, 5.41) is 0. The zero-order valence-corrected chi connectivity index (χ0v) is 10.7. The van der Waals surface area contributed by atoms with Gasteiger partial charge in [0.05, 0.1) is 0 Å². The van der Waals surface area contributed by atoms with Crippen LogP contribution in [-0.4, -0.2) is 49.4 Å². The molecule has 0 aromatic heterocycles. The first kappa shape index (κ1) is 12.5. The lowest BCUT2D eigenvalue weighted by Crippen LogP contribution is -2.23. The standard InChI is InChI=1S/C10H21N2O3P/c13-16(14-9-11-5-1-2-6-11)15-10-12-7-3-4-8-12/h16H,1-10H2. The van der Waals surface area contributed by atoms with E-state index in [1.165, 1.54) is 25.7 Å². The normalized spacial score (nSPS) is 23.6. The summed E-state index contributed by atoms with van der Waals surface area (Å²) in [7, 11) is -2.30. The van der Waals surface area contributed by atoms with Crippen molar-refractivity contribution in [2.75, 3.05) is 39.6 Å². The topological polar surface area (TPSA) is 42.0 Å². The molecule has 2 aliphatic rings. The van der Waals surface area contributed by atoms with Crippen molar-refractivity contribution in [1.82, 2.24) is 9.80 Å². The summed E-state index contributed by atoms with van der Waals surface area (Å²) in [6, 6.07) is 0. The minimum Gasteiger partial charge on any atom is -0.295 e. The minimum atomic E-state index is -2.30. The van der Waals surface area contributed by atoms with Gasteiger partial charge in [-0.1, -0.05) is 0 Å². The fourth-order valence-electron chi connectivity index (χ4n) is 2.15. The van der Waals surface area contributed by atoms with Crippen LogP contribution in [0.1, 0.15) is 25.7 Å². The predicted octanol–water partition coefficient (Wildman–Crippen LogP) is 1.52. The molecule has 94 valence electrons. The van der Waals surface area contributed by atoms with E-state index in [4.69, 9.17) is 9.05 Å². The molecule has 0 spiro atoms. The Morgan fingerprint density at radius 3 is 1.56 bits per heavy atom. The molecule has 0 aromatic carbocycles. The van der Waals surface area contributed by atoms with E-state index >= 15 is 0 Å². The van der Waals surface area contributed by atoms with E-state index in [1.807, 2.05) is 0 Å². The lowest BCUT2D eigenvalue weighted by atomic mass is 10.4. The van der Waals surface area contributed by atoms with Gasteiger partial charge in [0.25, 0.3) is 0 Å². The minimum absolute atomic E-state index is 0.456. The Morgan fingerprint density at radius 2 is 1.19 bits per heavy atom. The Hall–Kier alpha value is 0.0700. The third kappa shape index (κ3) is 4.15. The van der Waals surface area contributed by atoms with Crippen LogP contribution in [-0.2, 0) is 13.6 Å². The maximum absolute atomic E-state index is 11.4. The van der Waals surface area contributed by atoms with E-state index in [-0.39, 0.29) is 0 Å². The second-order valence-corrected chi connectivity index (χ2v) is 5.52. The van der Waals surface area contributed by atoms with Crippen LogP contribution in [0.2, 0.25) is 0 Å². The monoisotopic (exact) mass is 248 g/mol. The van der Waals surface area contributed by atoms with Crippen molar-refractivity contribution in [3.8, 4) is 0 Å². The molecule has 0 amide bonds. The van der Waals surface area contributed by atoms with Crippen molar-refractivity contribution in [3.05, 3.63) is 0 Å². The first-order chi connectivity index (χ1) is 7.84. The molecule has 0 aromatic rings. The highest BCUT2D eigenvalue weighted by atomic mass is 31.1. The van der Waals surface area contributed by atoms with E-state index in [9.17, 15) is 4.57 Å². The van der Waals surface area contributed by atoms with Gasteiger partial charge in [-0.25, -0.2) is 0 Å². The molecule has 6 heteroatoms. The molecule has 5 nitrogen and oxygen atoms in total. The first-order valence-electron chi connectivity index (χ1n) is 6.09. The van der Waals surface area contributed by atoms with Gasteiger partial charge < -0.3 is 0 Å². The maximum atomic E-state index is 11.4. The first-order valence-corrected chi connectivity index (χ1v) is 7.31. The SMILES string of the molecule is O=[PH](OCN1CCCC1)OCN1CCCC1. The van der Waals surface area contributed by atoms with Gasteiger partial charge in [0, 0.05) is 26.2 Å². The highest BCUT2D eigenvalue weighted by Crippen LogP contribution is 2.25. The Balaban J connectivity index is 1.53. The molecule has 0 bridgehead atoms. The van der Waals surface area contributed by atoms with Crippen LogP contribution in [0.3, 0.4) is 0 Å². The zero-order chi connectivity index (χ0) is 11.2. The molecule has 16 heavy (non-hydrogen) atoms. The van der Waals surface area contributed by atoms with Crippen LogP contribution in [0.25, 0.3) is 0 Å². The van der Waals surface area contributed by atoms with Crippen LogP contribution >= 0.6 is 8.25 Å². The number of likely N-dealkylation sites (tertiary alicyclic amines) is 2. The second kappa shape index (κ2) is 6.72. The largest absolute Gasteiger partial charge is 0.321 e. The van der Waals surface area contributed by atoms with Crippen LogP contribution in [0.15, 0.2) is 0 Å². The number of nitrogens with zero attached hydrogens (tertiary/aromatic N) is 2. The molecular formula is C10H21N2O3P. The van der Waals surface area contributed by atoms with Crippen molar-refractivity contribution in [2.24, 2.45) is 0 Å². The summed E-state index contributed by atoms with van der Waals surface area (Å²) in [5.74, 6) is 0. The van der Waals surface area contributed by atoms with Gasteiger partial charge in [-0.3, -0.25) is 23.4 Å². The van der Waals surface area contributed by atoms with E-state index in [2.05, 4.69) is 9.80 Å². The molecule has 2 aliphatic heterocycles. The number of hydrogen-bond donors (Lipinski definition) is 0. The fraction of sp³-hybridized carbons (Fsp3) is 1.00. The summed E-state index contributed by atoms with van der Waals surface area (Å²) in [6.07, 6.45) is 4.88. The lowest BCUT2D eigenvalue weighted by molar-refractivity contribution is 0.0997. The lowest BCUT2D eigenvalue weighted by Gasteiger charge is -2.16. The Labute approximate surface area is 97.6 Å². The average Bonchev–Trinajstić information content (AvgIpc) is 2.96. The van der Waals surface area contributed by atoms with Crippen molar-refractivity contribution >= 4 is 8.25 Å². The molecule has 0 aliphatic carbocycles. The van der Waals surface area contributed by atoms with E-state index in [1.54, 1.807) is 0 Å². The summed E-state index contributed by atoms with van der Waals surface area (Å²) < 4.78 is 21.9. The summed E-state index contributed by atoms with van der Waals surface area (Å²) in [6.45, 7) is 5.14. The van der Waals surface area contributed by atoms with Crippen molar-refractivity contribution in [2.45, 2.75) is 25.7 Å². The van der Waals surface area contributed by atoms with Crippen molar-refractivity contribution < 1.29 is 13.6 Å². The third-order valence-corrected chi connectivity index (χ3v) is 3.86. The summed E-state index contributed by atoms with van der Waals surface area (Å²) in [4.78, 5) is 4.34. The van der Waals surface area contributed by atoms with Gasteiger partial charge in [0.2, 0.25) is 0 Å². The van der Waals surface area contributed by atoms with Gasteiger partial charge in [-0.05, 0) is 25.7 Å². The quantitative estimate of drug-likeness (QED) is 0.667. The fourth-order valence-corrected chi connectivity index (χ4v) is 2.81. The van der Waals surface area contributed by atoms with Gasteiger partial charge in [0.15, 0.2) is 0 Å². The van der Waals surface area contributed by atoms with Crippen LogP contribution < -0.4 is 0 Å². The molecule has 2 heterocycles. The van der Waals surface area contributed by atoms with E-state index in [0.29, 0.717) is 13.5 Å². The van der Waals surface area contributed by atoms with E-state index < -0.39 is 8.25 Å². The average molecular weight is 248 g/mol. The molecule has 0 radical (unpaired) electrons. The molecular weight excluding hydrogens is 227 g/mol.